The van der Waals surface area contributed by atoms with Crippen LogP contribution in [0.3, 0.4) is 0 Å². The minimum absolute atomic E-state index is 0.387. The molecular weight excluding hydrogens is 160 g/mol. The van der Waals surface area contributed by atoms with Gasteiger partial charge in [0.2, 0.25) is 0 Å². The van der Waals surface area contributed by atoms with Crippen LogP contribution >= 0.6 is 0 Å². The van der Waals surface area contributed by atoms with Gasteiger partial charge in [0.15, 0.2) is 0 Å². The van der Waals surface area contributed by atoms with Crippen LogP contribution in [0, 0.1) is 11.3 Å². The third-order valence-corrected chi connectivity index (χ3v) is 2.49. The fourth-order valence-corrected chi connectivity index (χ4v) is 1.91. The Morgan fingerprint density at radius 2 is 1.92 bits per heavy atom. The first-order valence-electron chi connectivity index (χ1n) is 5.32. The average molecular weight is 184 g/mol. The molecule has 0 spiro atoms. The van der Waals surface area contributed by atoms with E-state index in [1.807, 2.05) is 0 Å². The second kappa shape index (κ2) is 3.97. The summed E-state index contributed by atoms with van der Waals surface area (Å²) in [4.78, 5) is 2.36. The number of hydrogen-bond acceptors (Lipinski definition) is 2. The molecule has 2 N–H and O–H groups in total. The van der Waals surface area contributed by atoms with Crippen molar-refractivity contribution in [1.82, 2.24) is 4.90 Å². The van der Waals surface area contributed by atoms with E-state index in [0.29, 0.717) is 11.5 Å². The van der Waals surface area contributed by atoms with Gasteiger partial charge >= 0.3 is 0 Å². The zero-order valence-electron chi connectivity index (χ0n) is 9.51. The molecule has 0 bridgehead atoms. The Morgan fingerprint density at radius 3 is 2.31 bits per heavy atom. The lowest BCUT2D eigenvalue weighted by Crippen LogP contribution is -2.40. The molecule has 1 aliphatic rings. The van der Waals surface area contributed by atoms with Gasteiger partial charge in [-0.1, -0.05) is 20.8 Å². The van der Waals surface area contributed by atoms with Crippen molar-refractivity contribution in [3.63, 3.8) is 0 Å². The lowest BCUT2D eigenvalue weighted by Gasteiger charge is -2.28. The van der Waals surface area contributed by atoms with E-state index >= 15 is 0 Å². The van der Waals surface area contributed by atoms with E-state index in [1.54, 1.807) is 0 Å². The summed E-state index contributed by atoms with van der Waals surface area (Å²) in [7, 11) is 2.17. The lowest BCUT2D eigenvalue weighted by atomic mass is 9.96. The summed E-state index contributed by atoms with van der Waals surface area (Å²) in [6.45, 7) is 9.00. The highest BCUT2D eigenvalue weighted by atomic mass is 15.1. The topological polar surface area (TPSA) is 29.3 Å². The number of nitrogens with two attached hydrogens (primary N) is 1. The van der Waals surface area contributed by atoms with Crippen molar-refractivity contribution in [3.8, 4) is 0 Å². The van der Waals surface area contributed by atoms with Crippen molar-refractivity contribution in [2.24, 2.45) is 17.1 Å². The van der Waals surface area contributed by atoms with Gasteiger partial charge in [0.05, 0.1) is 0 Å². The predicted molar refractivity (Wildman–Crippen MR) is 57.7 cm³/mol. The minimum Gasteiger partial charge on any atom is -0.326 e. The van der Waals surface area contributed by atoms with Gasteiger partial charge in [0, 0.05) is 19.1 Å². The smallest absolute Gasteiger partial charge is 0.0196 e. The molecule has 2 heteroatoms. The first kappa shape index (κ1) is 11.0. The SMILES string of the molecule is CN(CC(N)C1CC1)CC(C)(C)C. The summed E-state index contributed by atoms with van der Waals surface area (Å²) < 4.78 is 0. The second-order valence-corrected chi connectivity index (χ2v) is 5.76. The Bertz CT molecular complexity index is 156. The largest absolute Gasteiger partial charge is 0.326 e. The van der Waals surface area contributed by atoms with Gasteiger partial charge in [0.1, 0.15) is 0 Å². The van der Waals surface area contributed by atoms with Crippen molar-refractivity contribution in [2.45, 2.75) is 39.7 Å². The third-order valence-electron chi connectivity index (χ3n) is 2.49. The Morgan fingerprint density at radius 1 is 1.38 bits per heavy atom. The first-order chi connectivity index (χ1) is 5.88. The van der Waals surface area contributed by atoms with Gasteiger partial charge in [-0.15, -0.1) is 0 Å². The lowest BCUT2D eigenvalue weighted by molar-refractivity contribution is 0.212. The molecule has 1 fully saturated rings. The molecule has 0 aliphatic heterocycles. The third kappa shape index (κ3) is 4.63. The summed E-state index contributed by atoms with van der Waals surface area (Å²) >= 11 is 0. The highest BCUT2D eigenvalue weighted by Gasteiger charge is 2.29. The number of nitrogens with zero attached hydrogens (tertiary/aromatic N) is 1. The number of hydrogen-bond donors (Lipinski definition) is 1. The molecule has 0 saturated heterocycles. The van der Waals surface area contributed by atoms with Gasteiger partial charge in [-0.2, -0.15) is 0 Å². The quantitative estimate of drug-likeness (QED) is 0.720. The summed E-state index contributed by atoms with van der Waals surface area (Å²) in [5.74, 6) is 0.822. The zero-order chi connectivity index (χ0) is 10.1. The van der Waals surface area contributed by atoms with Crippen LogP contribution in [0.2, 0.25) is 0 Å². The first-order valence-corrected chi connectivity index (χ1v) is 5.32. The van der Waals surface area contributed by atoms with Crippen LogP contribution in [0.15, 0.2) is 0 Å². The zero-order valence-corrected chi connectivity index (χ0v) is 9.51. The number of rotatable bonds is 4. The van der Waals surface area contributed by atoms with E-state index < -0.39 is 0 Å². The van der Waals surface area contributed by atoms with Gasteiger partial charge in [-0.3, -0.25) is 0 Å². The molecular formula is C11H24N2. The van der Waals surface area contributed by atoms with Crippen LogP contribution < -0.4 is 5.73 Å². The van der Waals surface area contributed by atoms with Crippen molar-refractivity contribution < 1.29 is 0 Å². The molecule has 1 rings (SSSR count). The maximum Gasteiger partial charge on any atom is 0.0196 e. The van der Waals surface area contributed by atoms with E-state index in [2.05, 4.69) is 32.7 Å². The highest BCUT2D eigenvalue weighted by Crippen LogP contribution is 2.31. The van der Waals surface area contributed by atoms with Gasteiger partial charge in [0.25, 0.3) is 0 Å². The molecule has 0 aromatic rings. The maximum absolute atomic E-state index is 6.06. The summed E-state index contributed by atoms with van der Waals surface area (Å²) in [6.07, 6.45) is 2.70. The van der Waals surface area contributed by atoms with Gasteiger partial charge < -0.3 is 10.6 Å². The monoisotopic (exact) mass is 184 g/mol. The molecule has 1 unspecified atom stereocenters. The molecule has 1 saturated carbocycles. The van der Waals surface area contributed by atoms with Crippen molar-refractivity contribution in [2.75, 3.05) is 20.1 Å². The molecule has 0 amide bonds. The van der Waals surface area contributed by atoms with Crippen molar-refractivity contribution in [3.05, 3.63) is 0 Å². The van der Waals surface area contributed by atoms with Crippen molar-refractivity contribution >= 4 is 0 Å². The van der Waals surface area contributed by atoms with E-state index in [0.717, 1.165) is 19.0 Å². The maximum atomic E-state index is 6.06. The molecule has 1 atom stereocenters. The van der Waals surface area contributed by atoms with Crippen LogP contribution in [0.1, 0.15) is 33.6 Å². The Balaban J connectivity index is 2.19. The van der Waals surface area contributed by atoms with E-state index in [-0.39, 0.29) is 0 Å². The van der Waals surface area contributed by atoms with Crippen LogP contribution in [0.25, 0.3) is 0 Å². The molecule has 2 nitrogen and oxygen atoms in total. The fourth-order valence-electron chi connectivity index (χ4n) is 1.91. The Kier molecular flexibility index (Phi) is 3.36. The fraction of sp³-hybridized carbons (Fsp3) is 1.00. The average Bonchev–Trinajstić information content (AvgIpc) is 2.60. The normalized spacial score (nSPS) is 20.8. The Labute approximate surface area is 82.5 Å². The van der Waals surface area contributed by atoms with Gasteiger partial charge in [-0.25, -0.2) is 0 Å². The summed E-state index contributed by atoms with van der Waals surface area (Å²) in [5.41, 5.74) is 6.44. The molecule has 0 radical (unpaired) electrons. The van der Waals surface area contributed by atoms with Crippen LogP contribution in [0.5, 0.6) is 0 Å². The van der Waals surface area contributed by atoms with Crippen molar-refractivity contribution in [1.29, 1.82) is 0 Å². The predicted octanol–water partition coefficient (Wildman–Crippen LogP) is 1.70. The summed E-state index contributed by atoms with van der Waals surface area (Å²) in [6, 6.07) is 0.410. The standard InChI is InChI=1S/C11H24N2/c1-11(2,3)8-13(4)7-10(12)9-5-6-9/h9-10H,5-8,12H2,1-4H3. The highest BCUT2D eigenvalue weighted by molar-refractivity contribution is 4.86. The van der Waals surface area contributed by atoms with Crippen LogP contribution in [-0.4, -0.2) is 31.1 Å². The second-order valence-electron chi connectivity index (χ2n) is 5.76. The molecule has 0 aromatic carbocycles. The Hall–Kier alpha value is -0.0800. The minimum atomic E-state index is 0.387. The summed E-state index contributed by atoms with van der Waals surface area (Å²) in [5, 5.41) is 0. The molecule has 78 valence electrons. The molecule has 13 heavy (non-hydrogen) atoms. The van der Waals surface area contributed by atoms with Crippen LogP contribution in [0.4, 0.5) is 0 Å². The van der Waals surface area contributed by atoms with E-state index in [9.17, 15) is 0 Å². The van der Waals surface area contributed by atoms with E-state index in [1.165, 1.54) is 12.8 Å². The number of likely N-dealkylation sites (N-methyl/N-ethyl adjacent to an activating group) is 1. The van der Waals surface area contributed by atoms with Gasteiger partial charge in [-0.05, 0) is 31.2 Å². The van der Waals surface area contributed by atoms with E-state index in [4.69, 9.17) is 5.73 Å². The van der Waals surface area contributed by atoms with Crippen LogP contribution in [-0.2, 0) is 0 Å². The molecule has 0 heterocycles. The molecule has 1 aliphatic carbocycles. The molecule has 0 aromatic heterocycles.